The highest BCUT2D eigenvalue weighted by Gasteiger charge is 2.34. The first kappa shape index (κ1) is 14.7. The summed E-state index contributed by atoms with van der Waals surface area (Å²) in [7, 11) is 0. The first-order chi connectivity index (χ1) is 11.2. The molecule has 1 atom stereocenters. The van der Waals surface area contributed by atoms with Crippen LogP contribution in [0.1, 0.15) is 11.1 Å². The molecule has 0 amide bonds. The average molecular weight is 303 g/mol. The van der Waals surface area contributed by atoms with Crippen LogP contribution in [0.25, 0.3) is 0 Å². The second-order valence-electron chi connectivity index (χ2n) is 5.10. The molecule has 4 heteroatoms. The van der Waals surface area contributed by atoms with Crippen LogP contribution < -0.4 is 5.32 Å². The molecule has 2 aromatic carbocycles. The summed E-state index contributed by atoms with van der Waals surface area (Å²) in [5.41, 5.74) is 1.06. The number of hydrogen-bond donors (Lipinski definition) is 1. The summed E-state index contributed by atoms with van der Waals surface area (Å²) in [6.07, 6.45) is 3.32. The van der Waals surface area contributed by atoms with Crippen molar-refractivity contribution in [2.24, 2.45) is 0 Å². The summed E-state index contributed by atoms with van der Waals surface area (Å²) in [6, 6.07) is 21.4. The number of hydrogen-bond acceptors (Lipinski definition) is 3. The molecule has 0 aliphatic carbocycles. The Bertz CT molecular complexity index is 769. The van der Waals surface area contributed by atoms with E-state index in [-0.39, 0.29) is 5.82 Å². The zero-order valence-corrected chi connectivity index (χ0v) is 12.3. The number of anilines is 1. The molecule has 1 N–H and O–H groups in total. The SMILES string of the molecule is N#CC(Nc1ccc(F)cc1)(c1ccccc1)c1cccnc1. The summed E-state index contributed by atoms with van der Waals surface area (Å²) in [4.78, 5) is 4.13. The third kappa shape index (κ3) is 2.90. The maximum Gasteiger partial charge on any atom is 0.178 e. The number of nitrogens with one attached hydrogen (secondary N) is 1. The van der Waals surface area contributed by atoms with Crippen LogP contribution in [0.5, 0.6) is 0 Å². The van der Waals surface area contributed by atoms with E-state index in [1.54, 1.807) is 30.6 Å². The quantitative estimate of drug-likeness (QED) is 0.789. The molecule has 0 bridgehead atoms. The second-order valence-corrected chi connectivity index (χ2v) is 5.10. The predicted octanol–water partition coefficient (Wildman–Crippen LogP) is 4.10. The van der Waals surface area contributed by atoms with Gasteiger partial charge in [-0.1, -0.05) is 36.4 Å². The van der Waals surface area contributed by atoms with Gasteiger partial charge in [-0.05, 0) is 35.9 Å². The summed E-state index contributed by atoms with van der Waals surface area (Å²) < 4.78 is 13.1. The number of aromatic nitrogens is 1. The standard InChI is InChI=1S/C19H14FN3/c20-17-8-10-18(11-9-17)23-19(14-21,15-5-2-1-3-6-15)16-7-4-12-22-13-16/h1-13,23H. The molecule has 112 valence electrons. The lowest BCUT2D eigenvalue weighted by Crippen LogP contribution is -2.35. The van der Waals surface area contributed by atoms with Gasteiger partial charge in [0.05, 0.1) is 0 Å². The first-order valence-electron chi connectivity index (χ1n) is 7.16. The maximum absolute atomic E-state index is 13.1. The fourth-order valence-electron chi connectivity index (χ4n) is 2.49. The molecule has 0 saturated heterocycles. The van der Waals surface area contributed by atoms with Gasteiger partial charge in [-0.25, -0.2) is 4.39 Å². The highest BCUT2D eigenvalue weighted by atomic mass is 19.1. The van der Waals surface area contributed by atoms with Gasteiger partial charge in [0.1, 0.15) is 11.9 Å². The minimum Gasteiger partial charge on any atom is -0.360 e. The van der Waals surface area contributed by atoms with Gasteiger partial charge < -0.3 is 5.32 Å². The van der Waals surface area contributed by atoms with Crippen molar-refractivity contribution in [2.45, 2.75) is 5.54 Å². The van der Waals surface area contributed by atoms with Gasteiger partial charge in [0.15, 0.2) is 5.54 Å². The van der Waals surface area contributed by atoms with Crippen molar-refractivity contribution in [1.29, 1.82) is 5.26 Å². The van der Waals surface area contributed by atoms with Crippen LogP contribution >= 0.6 is 0 Å². The summed E-state index contributed by atoms with van der Waals surface area (Å²) in [6.45, 7) is 0. The van der Waals surface area contributed by atoms with Crippen LogP contribution in [-0.2, 0) is 5.54 Å². The van der Waals surface area contributed by atoms with E-state index in [1.165, 1.54) is 12.1 Å². The zero-order valence-electron chi connectivity index (χ0n) is 12.3. The number of benzene rings is 2. The van der Waals surface area contributed by atoms with Crippen molar-refractivity contribution in [2.75, 3.05) is 5.32 Å². The maximum atomic E-state index is 13.1. The predicted molar refractivity (Wildman–Crippen MR) is 87.1 cm³/mol. The van der Waals surface area contributed by atoms with E-state index in [0.29, 0.717) is 5.69 Å². The highest BCUT2D eigenvalue weighted by molar-refractivity contribution is 5.57. The third-order valence-corrected chi connectivity index (χ3v) is 3.65. The molecule has 0 aliphatic rings. The number of rotatable bonds is 4. The van der Waals surface area contributed by atoms with Gasteiger partial charge >= 0.3 is 0 Å². The highest BCUT2D eigenvalue weighted by Crippen LogP contribution is 2.32. The molecule has 1 unspecified atom stereocenters. The number of nitrogens with zero attached hydrogens (tertiary/aromatic N) is 2. The Morgan fingerprint density at radius 1 is 0.913 bits per heavy atom. The van der Waals surface area contributed by atoms with Gasteiger partial charge in [-0.3, -0.25) is 4.98 Å². The number of nitriles is 1. The van der Waals surface area contributed by atoms with E-state index < -0.39 is 5.54 Å². The smallest absolute Gasteiger partial charge is 0.178 e. The van der Waals surface area contributed by atoms with Crippen molar-refractivity contribution >= 4 is 5.69 Å². The van der Waals surface area contributed by atoms with E-state index in [9.17, 15) is 9.65 Å². The van der Waals surface area contributed by atoms with Gasteiger partial charge in [-0.15, -0.1) is 0 Å². The molecule has 3 nitrogen and oxygen atoms in total. The zero-order chi connectivity index (χ0) is 16.1. The van der Waals surface area contributed by atoms with Crippen LogP contribution in [0.3, 0.4) is 0 Å². The Labute approximate surface area is 134 Å². The van der Waals surface area contributed by atoms with Crippen LogP contribution in [0.4, 0.5) is 10.1 Å². The van der Waals surface area contributed by atoms with E-state index in [2.05, 4.69) is 16.4 Å². The second kappa shape index (κ2) is 6.29. The lowest BCUT2D eigenvalue weighted by atomic mass is 9.84. The van der Waals surface area contributed by atoms with Crippen LogP contribution in [0, 0.1) is 17.1 Å². The molecule has 0 fully saturated rings. The summed E-state index contributed by atoms with van der Waals surface area (Å²) in [5, 5.41) is 13.2. The largest absolute Gasteiger partial charge is 0.360 e. The van der Waals surface area contributed by atoms with E-state index in [4.69, 9.17) is 0 Å². The molecule has 0 radical (unpaired) electrons. The molecular weight excluding hydrogens is 289 g/mol. The van der Waals surface area contributed by atoms with E-state index in [0.717, 1.165) is 11.1 Å². The molecule has 1 heterocycles. The Hall–Kier alpha value is -3.19. The van der Waals surface area contributed by atoms with Crippen molar-refractivity contribution in [3.05, 3.63) is 96.1 Å². The Balaban J connectivity index is 2.13. The van der Waals surface area contributed by atoms with E-state index >= 15 is 0 Å². The topological polar surface area (TPSA) is 48.7 Å². The Kier molecular flexibility index (Phi) is 4.03. The molecule has 0 aliphatic heterocycles. The third-order valence-electron chi connectivity index (χ3n) is 3.65. The molecule has 0 spiro atoms. The molecule has 3 rings (SSSR count). The van der Waals surface area contributed by atoms with Crippen molar-refractivity contribution in [3.63, 3.8) is 0 Å². The van der Waals surface area contributed by atoms with Gasteiger partial charge in [0, 0.05) is 23.6 Å². The van der Waals surface area contributed by atoms with Crippen molar-refractivity contribution in [3.8, 4) is 6.07 Å². The van der Waals surface area contributed by atoms with E-state index in [1.807, 2.05) is 36.4 Å². The molecule has 0 saturated carbocycles. The fourth-order valence-corrected chi connectivity index (χ4v) is 2.49. The van der Waals surface area contributed by atoms with Crippen LogP contribution in [0.2, 0.25) is 0 Å². The minimum absolute atomic E-state index is 0.320. The lowest BCUT2D eigenvalue weighted by Gasteiger charge is -2.29. The first-order valence-corrected chi connectivity index (χ1v) is 7.16. The molecular formula is C19H14FN3. The van der Waals surface area contributed by atoms with Gasteiger partial charge in [-0.2, -0.15) is 5.26 Å². The molecule has 1 aromatic heterocycles. The van der Waals surface area contributed by atoms with Crippen molar-refractivity contribution < 1.29 is 4.39 Å². The monoisotopic (exact) mass is 303 g/mol. The lowest BCUT2D eigenvalue weighted by molar-refractivity contribution is 0.627. The average Bonchev–Trinajstić information content (AvgIpc) is 2.63. The van der Waals surface area contributed by atoms with Gasteiger partial charge in [0.2, 0.25) is 0 Å². The van der Waals surface area contributed by atoms with Crippen molar-refractivity contribution in [1.82, 2.24) is 4.98 Å². The Morgan fingerprint density at radius 3 is 2.22 bits per heavy atom. The normalized spacial score (nSPS) is 12.9. The van der Waals surface area contributed by atoms with Gasteiger partial charge in [0.25, 0.3) is 0 Å². The minimum atomic E-state index is -1.10. The fraction of sp³-hybridized carbons (Fsp3) is 0.0526. The molecule has 23 heavy (non-hydrogen) atoms. The number of halogens is 1. The molecule has 3 aromatic rings. The van der Waals surface area contributed by atoms with Crippen LogP contribution in [0.15, 0.2) is 79.1 Å². The summed E-state index contributed by atoms with van der Waals surface area (Å²) >= 11 is 0. The Morgan fingerprint density at radius 2 is 1.61 bits per heavy atom. The number of pyridine rings is 1. The van der Waals surface area contributed by atoms with Crippen LogP contribution in [-0.4, -0.2) is 4.98 Å². The summed E-state index contributed by atoms with van der Waals surface area (Å²) in [5.74, 6) is -0.320.